The second kappa shape index (κ2) is 7.46. The molecular formula is C14H24N2O2S3. The SMILES string of the molecule is CSCC(C)CNS(=O)(=O)c1c(C)csc1CNC1CC1. The quantitative estimate of drug-likeness (QED) is 0.720. The lowest BCUT2D eigenvalue weighted by Gasteiger charge is -2.13. The van der Waals surface area contributed by atoms with Gasteiger partial charge in [-0.3, -0.25) is 0 Å². The first-order valence-electron chi connectivity index (χ1n) is 7.23. The predicted octanol–water partition coefficient (Wildman–Crippen LogP) is 2.59. The van der Waals surface area contributed by atoms with Crippen molar-refractivity contribution in [1.29, 1.82) is 0 Å². The highest BCUT2D eigenvalue weighted by atomic mass is 32.2. The molecule has 21 heavy (non-hydrogen) atoms. The maximum atomic E-state index is 12.6. The first-order chi connectivity index (χ1) is 9.94. The summed E-state index contributed by atoms with van der Waals surface area (Å²) in [5, 5.41) is 5.33. The highest BCUT2D eigenvalue weighted by Gasteiger charge is 2.25. The van der Waals surface area contributed by atoms with E-state index in [1.165, 1.54) is 24.2 Å². The van der Waals surface area contributed by atoms with Crippen LogP contribution >= 0.6 is 23.1 Å². The molecule has 1 fully saturated rings. The lowest BCUT2D eigenvalue weighted by atomic mass is 10.2. The number of aryl methyl sites for hydroxylation is 1. The van der Waals surface area contributed by atoms with E-state index < -0.39 is 10.0 Å². The van der Waals surface area contributed by atoms with Crippen LogP contribution in [-0.2, 0) is 16.6 Å². The van der Waals surface area contributed by atoms with Gasteiger partial charge in [0.25, 0.3) is 0 Å². The third kappa shape index (κ3) is 4.96. The number of rotatable bonds is 9. The Kier molecular flexibility index (Phi) is 6.14. The molecular weight excluding hydrogens is 324 g/mol. The van der Waals surface area contributed by atoms with Gasteiger partial charge in [0.05, 0.1) is 0 Å². The molecule has 1 unspecified atom stereocenters. The van der Waals surface area contributed by atoms with E-state index >= 15 is 0 Å². The summed E-state index contributed by atoms with van der Waals surface area (Å²) in [7, 11) is -3.41. The molecule has 1 atom stereocenters. The minimum absolute atomic E-state index is 0.335. The van der Waals surface area contributed by atoms with Gasteiger partial charge in [-0.15, -0.1) is 11.3 Å². The van der Waals surface area contributed by atoms with Crippen molar-refractivity contribution in [2.24, 2.45) is 5.92 Å². The average molecular weight is 349 g/mol. The van der Waals surface area contributed by atoms with Gasteiger partial charge in [-0.05, 0) is 48.6 Å². The third-order valence-corrected chi connectivity index (χ3v) is 7.25. The second-order valence-corrected chi connectivity index (χ2v) is 9.32. The van der Waals surface area contributed by atoms with E-state index in [0.29, 0.717) is 29.9 Å². The fourth-order valence-electron chi connectivity index (χ4n) is 2.16. The lowest BCUT2D eigenvalue weighted by Crippen LogP contribution is -2.30. The summed E-state index contributed by atoms with van der Waals surface area (Å²) in [6.07, 6.45) is 4.45. The van der Waals surface area contributed by atoms with Crippen LogP contribution in [0, 0.1) is 12.8 Å². The molecule has 0 aliphatic heterocycles. The molecule has 1 aromatic rings. The van der Waals surface area contributed by atoms with Crippen molar-refractivity contribution in [3.63, 3.8) is 0 Å². The smallest absolute Gasteiger partial charge is 0.241 e. The maximum Gasteiger partial charge on any atom is 0.241 e. The van der Waals surface area contributed by atoms with Crippen LogP contribution in [0.3, 0.4) is 0 Å². The van der Waals surface area contributed by atoms with Crippen LogP contribution in [0.1, 0.15) is 30.2 Å². The monoisotopic (exact) mass is 348 g/mol. The molecule has 0 spiro atoms. The number of hydrogen-bond donors (Lipinski definition) is 2. The predicted molar refractivity (Wildman–Crippen MR) is 91.7 cm³/mol. The van der Waals surface area contributed by atoms with E-state index in [-0.39, 0.29) is 0 Å². The first-order valence-corrected chi connectivity index (χ1v) is 11.0. The van der Waals surface area contributed by atoms with Crippen LogP contribution in [0.4, 0.5) is 0 Å². The zero-order chi connectivity index (χ0) is 15.5. The Labute approximate surface area is 136 Å². The standard InChI is InChI=1S/C14H24N2O2S3/c1-10(8-19-3)6-16-21(17,18)14-11(2)9-20-13(14)7-15-12-4-5-12/h9-10,12,15-16H,4-8H2,1-3H3. The minimum atomic E-state index is -3.41. The molecule has 7 heteroatoms. The molecule has 1 aliphatic carbocycles. The molecule has 0 aromatic carbocycles. The van der Waals surface area contributed by atoms with Gasteiger partial charge in [0.15, 0.2) is 0 Å². The highest BCUT2D eigenvalue weighted by Crippen LogP contribution is 2.28. The van der Waals surface area contributed by atoms with Gasteiger partial charge in [0.1, 0.15) is 4.90 Å². The Morgan fingerprint density at radius 2 is 2.19 bits per heavy atom. The van der Waals surface area contributed by atoms with Crippen LogP contribution in [0.5, 0.6) is 0 Å². The van der Waals surface area contributed by atoms with E-state index in [1.807, 2.05) is 18.6 Å². The van der Waals surface area contributed by atoms with Crippen molar-refractivity contribution < 1.29 is 8.42 Å². The fourth-order valence-corrected chi connectivity index (χ4v) is 5.77. The van der Waals surface area contributed by atoms with Gasteiger partial charge in [-0.1, -0.05) is 6.92 Å². The van der Waals surface area contributed by atoms with Crippen LogP contribution in [-0.4, -0.2) is 33.0 Å². The van der Waals surface area contributed by atoms with E-state index in [0.717, 1.165) is 16.2 Å². The normalized spacial score (nSPS) is 17.1. The number of hydrogen-bond acceptors (Lipinski definition) is 5. The van der Waals surface area contributed by atoms with Crippen LogP contribution in [0.15, 0.2) is 10.3 Å². The molecule has 2 N–H and O–H groups in total. The Balaban J connectivity index is 2.05. The molecule has 0 bridgehead atoms. The summed E-state index contributed by atoms with van der Waals surface area (Å²) in [6.45, 7) is 5.08. The van der Waals surface area contributed by atoms with Crippen molar-refractivity contribution in [1.82, 2.24) is 10.0 Å². The Morgan fingerprint density at radius 1 is 1.48 bits per heavy atom. The molecule has 1 aromatic heterocycles. The molecule has 2 rings (SSSR count). The summed E-state index contributed by atoms with van der Waals surface area (Å²) in [5.74, 6) is 1.29. The Morgan fingerprint density at radius 3 is 2.81 bits per heavy atom. The summed E-state index contributed by atoms with van der Waals surface area (Å²) in [5.41, 5.74) is 0.845. The van der Waals surface area contributed by atoms with Gasteiger partial charge in [-0.2, -0.15) is 11.8 Å². The topological polar surface area (TPSA) is 58.2 Å². The fraction of sp³-hybridized carbons (Fsp3) is 0.714. The van der Waals surface area contributed by atoms with Crippen molar-refractivity contribution >= 4 is 33.1 Å². The number of thioether (sulfide) groups is 1. The van der Waals surface area contributed by atoms with Gasteiger partial charge < -0.3 is 5.32 Å². The summed E-state index contributed by atoms with van der Waals surface area (Å²) in [6, 6.07) is 0.581. The maximum absolute atomic E-state index is 12.6. The van der Waals surface area contributed by atoms with Crippen LogP contribution in [0.2, 0.25) is 0 Å². The van der Waals surface area contributed by atoms with Crippen molar-refractivity contribution in [2.75, 3.05) is 18.6 Å². The number of thiophene rings is 1. The van der Waals surface area contributed by atoms with Crippen molar-refractivity contribution in [3.8, 4) is 0 Å². The molecule has 1 heterocycles. The lowest BCUT2D eigenvalue weighted by molar-refractivity contribution is 0.560. The summed E-state index contributed by atoms with van der Waals surface area (Å²) >= 11 is 3.27. The number of nitrogens with one attached hydrogen (secondary N) is 2. The Bertz CT molecular complexity index is 565. The Hall–Kier alpha value is -0.0800. The molecule has 120 valence electrons. The molecule has 1 saturated carbocycles. The van der Waals surface area contributed by atoms with E-state index in [4.69, 9.17) is 0 Å². The molecule has 0 amide bonds. The number of sulfonamides is 1. The van der Waals surface area contributed by atoms with Crippen molar-refractivity contribution in [3.05, 3.63) is 15.8 Å². The van der Waals surface area contributed by atoms with Gasteiger partial charge in [0, 0.05) is 24.0 Å². The second-order valence-electron chi connectivity index (χ2n) is 5.74. The van der Waals surface area contributed by atoms with Crippen LogP contribution < -0.4 is 10.0 Å². The average Bonchev–Trinajstić information content (AvgIpc) is 3.17. The molecule has 4 nitrogen and oxygen atoms in total. The zero-order valence-corrected chi connectivity index (χ0v) is 15.3. The van der Waals surface area contributed by atoms with E-state index in [9.17, 15) is 8.42 Å². The van der Waals surface area contributed by atoms with E-state index in [1.54, 1.807) is 11.8 Å². The van der Waals surface area contributed by atoms with Gasteiger partial charge in [-0.25, -0.2) is 13.1 Å². The molecule has 1 aliphatic rings. The van der Waals surface area contributed by atoms with Gasteiger partial charge >= 0.3 is 0 Å². The van der Waals surface area contributed by atoms with Crippen molar-refractivity contribution in [2.45, 2.75) is 44.2 Å². The largest absolute Gasteiger partial charge is 0.309 e. The summed E-state index contributed by atoms with van der Waals surface area (Å²) in [4.78, 5) is 1.40. The van der Waals surface area contributed by atoms with E-state index in [2.05, 4.69) is 17.0 Å². The third-order valence-electron chi connectivity index (χ3n) is 3.46. The molecule has 0 radical (unpaired) electrons. The van der Waals surface area contributed by atoms with Crippen LogP contribution in [0.25, 0.3) is 0 Å². The van der Waals surface area contributed by atoms with Gasteiger partial charge in [0.2, 0.25) is 10.0 Å². The summed E-state index contributed by atoms with van der Waals surface area (Å²) < 4.78 is 27.9. The molecule has 0 saturated heterocycles. The minimum Gasteiger partial charge on any atom is -0.309 e. The highest BCUT2D eigenvalue weighted by molar-refractivity contribution is 7.98. The zero-order valence-electron chi connectivity index (χ0n) is 12.8. The first kappa shape index (κ1) is 17.3.